The molecule has 0 radical (unpaired) electrons. The molecule has 3 aromatic carbocycles. The van der Waals surface area contributed by atoms with Gasteiger partial charge in [0.15, 0.2) is 11.2 Å². The van der Waals surface area contributed by atoms with Crippen LogP contribution in [0.25, 0.3) is 21.7 Å². The molecule has 5 heterocycles. The van der Waals surface area contributed by atoms with E-state index in [0.29, 0.717) is 76.0 Å². The summed E-state index contributed by atoms with van der Waals surface area (Å²) in [6, 6.07) is 10.4. The highest BCUT2D eigenvalue weighted by Crippen LogP contribution is 2.55. The van der Waals surface area contributed by atoms with Crippen LogP contribution in [0.2, 0.25) is 0 Å². The number of ether oxygens (including phenoxy) is 1. The van der Waals surface area contributed by atoms with Crippen molar-refractivity contribution in [3.8, 4) is 17.2 Å². The quantitative estimate of drug-likeness (QED) is 0.0735. The fourth-order valence-corrected chi connectivity index (χ4v) is 12.2. The first-order valence-corrected chi connectivity index (χ1v) is 23.2. The van der Waals surface area contributed by atoms with Gasteiger partial charge in [0.1, 0.15) is 77.9 Å². The Bertz CT molecular complexity index is 2730. The van der Waals surface area contributed by atoms with E-state index >= 15 is 0 Å². The molecule has 2 aliphatic carbocycles. The Morgan fingerprint density at radius 3 is 2.61 bits per heavy atom. The largest absolute Gasteiger partial charge is 0.508 e. The van der Waals surface area contributed by atoms with Crippen molar-refractivity contribution in [1.29, 1.82) is 0 Å². The molecule has 6 aliphatic rings. The lowest BCUT2D eigenvalue weighted by Crippen LogP contribution is -3.01. The maximum absolute atomic E-state index is 13.7. The smallest absolute Gasteiger partial charge is 0.226 e. The summed E-state index contributed by atoms with van der Waals surface area (Å²) in [6.07, 6.45) is 6.08. The second-order valence-corrected chi connectivity index (χ2v) is 19.6. The van der Waals surface area contributed by atoms with Crippen molar-refractivity contribution in [3.05, 3.63) is 93.1 Å². The minimum Gasteiger partial charge on any atom is -0.508 e. The van der Waals surface area contributed by atoms with Crippen LogP contribution >= 0.6 is 0 Å². The Morgan fingerprint density at radius 2 is 1.82 bits per heavy atom. The van der Waals surface area contributed by atoms with Crippen LogP contribution < -0.4 is 20.4 Å². The van der Waals surface area contributed by atoms with Crippen LogP contribution in [0.15, 0.2) is 80.2 Å². The normalized spacial score (nSPS) is 27.8. The number of aliphatic hydroxyl groups excluding tert-OH is 4. The lowest BCUT2D eigenvalue weighted by atomic mass is 9.59. The number of amides is 1. The van der Waals surface area contributed by atoms with Gasteiger partial charge in [0.25, 0.3) is 0 Å². The molecule has 10 rings (SSSR count). The standard InChI is InChI=1S/C50H57N3O13/c1-27-16-39(57)35-17-31-18-41(66-63-26-49(62,46(60)43(59)40(58)25-54)20-28-7-10-38(56)33-9-8-32(55)19-34(28)33)50(65-44(31)42(45(35)64-27)53-23-30-11-15-51-37(30)24-53)14-5-6-29(21-50)36-22-52-47(61)48(36)12-3-2-4-13-48/h7-11,15-17,19,24,29,36,40-41,43,46,54-56,58-60,62H,2-6,12-14,18,20-23,25-26H2,1H3,(H,52,61)/p+1. The molecule has 16 heteroatoms. The molecule has 1 amide bonds. The van der Waals surface area contributed by atoms with E-state index in [2.05, 4.69) is 10.3 Å². The number of hydrogen-bond donors (Lipinski definition) is 9. The number of phenols is 2. The number of rotatable bonds is 12. The molecule has 1 aromatic heterocycles. The van der Waals surface area contributed by atoms with Crippen molar-refractivity contribution in [3.63, 3.8) is 0 Å². The van der Waals surface area contributed by atoms with E-state index < -0.39 is 60.7 Å². The number of carbonyl (C=O) groups is 1. The van der Waals surface area contributed by atoms with Crippen molar-refractivity contribution in [1.82, 2.24) is 5.32 Å². The molecule has 9 atom stereocenters. The number of nitrogens with zero attached hydrogens (tertiary/aromatic N) is 1. The zero-order valence-corrected chi connectivity index (χ0v) is 36.9. The van der Waals surface area contributed by atoms with E-state index in [1.54, 1.807) is 19.2 Å². The van der Waals surface area contributed by atoms with Crippen molar-refractivity contribution < 1.29 is 64.4 Å². The second-order valence-electron chi connectivity index (χ2n) is 19.6. The number of aromatic hydroxyl groups is 2. The molecule has 4 aromatic rings. The van der Waals surface area contributed by atoms with E-state index in [1.807, 2.05) is 12.3 Å². The van der Waals surface area contributed by atoms with Gasteiger partial charge in [-0.15, -0.1) is 0 Å². The maximum Gasteiger partial charge on any atom is 0.226 e. The third-order valence-corrected chi connectivity index (χ3v) is 15.6. The zero-order chi connectivity index (χ0) is 46.1. The lowest BCUT2D eigenvalue weighted by Gasteiger charge is -2.51. The topological polar surface area (TPSA) is 245 Å². The van der Waals surface area contributed by atoms with E-state index in [-0.39, 0.29) is 41.1 Å². The average Bonchev–Trinajstić information content (AvgIpc) is 4.01. The van der Waals surface area contributed by atoms with Gasteiger partial charge in [-0.3, -0.25) is 19.5 Å². The van der Waals surface area contributed by atoms with Gasteiger partial charge >= 0.3 is 0 Å². The number of quaternary nitrogens is 1. The van der Waals surface area contributed by atoms with Crippen LogP contribution in [0.4, 0.5) is 5.69 Å². The molecule has 16 nitrogen and oxygen atoms in total. The molecule has 1 saturated heterocycles. The first-order chi connectivity index (χ1) is 31.7. The number of nitrogens with one attached hydrogen (secondary N) is 2. The fraction of sp³-hybridized carbons (Fsp3) is 0.500. The van der Waals surface area contributed by atoms with Crippen LogP contribution in [0, 0.1) is 24.2 Å². The van der Waals surface area contributed by atoms with Crippen molar-refractivity contribution in [2.75, 3.05) is 26.3 Å². The van der Waals surface area contributed by atoms with Gasteiger partial charge < -0.3 is 50.2 Å². The third kappa shape index (κ3) is 7.61. The van der Waals surface area contributed by atoms with E-state index in [4.69, 9.17) is 18.9 Å². The number of aryl methyl sites for hydroxylation is 1. The molecule has 2 saturated carbocycles. The highest BCUT2D eigenvalue weighted by molar-refractivity contribution is 5.92. The number of phenolic OH excluding ortho intramolecular Hbond substituents is 2. The molecule has 9 N–H and O–H groups in total. The molecular formula is C50H58N3O13+. The number of aliphatic imine (C=N–C) groups is 1. The predicted molar refractivity (Wildman–Crippen MR) is 240 cm³/mol. The summed E-state index contributed by atoms with van der Waals surface area (Å²) in [6.45, 7) is 1.18. The summed E-state index contributed by atoms with van der Waals surface area (Å²) >= 11 is 0. The van der Waals surface area contributed by atoms with Gasteiger partial charge in [-0.25, -0.2) is 9.78 Å². The highest BCUT2D eigenvalue weighted by Gasteiger charge is 2.58. The minimum absolute atomic E-state index is 0.0562. The zero-order valence-electron chi connectivity index (χ0n) is 36.9. The molecular weight excluding hydrogens is 851 g/mol. The Morgan fingerprint density at radius 1 is 1.00 bits per heavy atom. The second kappa shape index (κ2) is 17.2. The van der Waals surface area contributed by atoms with Gasteiger partial charge in [-0.05, 0) is 105 Å². The Labute approximate surface area is 380 Å². The predicted octanol–water partition coefficient (Wildman–Crippen LogP) is 2.97. The molecule has 0 bridgehead atoms. The van der Waals surface area contributed by atoms with Crippen LogP contribution in [0.5, 0.6) is 17.2 Å². The number of aliphatic hydroxyl groups is 5. The van der Waals surface area contributed by atoms with Crippen LogP contribution in [-0.4, -0.2) is 110 Å². The first-order valence-electron chi connectivity index (χ1n) is 23.2. The van der Waals surface area contributed by atoms with Gasteiger partial charge in [0.2, 0.25) is 17.2 Å². The summed E-state index contributed by atoms with van der Waals surface area (Å²) in [7, 11) is 0. The molecule has 3 fully saturated rings. The summed E-state index contributed by atoms with van der Waals surface area (Å²) in [5.74, 6) is 1.05. The fourth-order valence-electron chi connectivity index (χ4n) is 12.2. The molecule has 350 valence electrons. The van der Waals surface area contributed by atoms with Crippen molar-refractivity contribution in [2.45, 2.75) is 113 Å². The Hall–Kier alpha value is -5.17. The number of hydrogen-bond acceptors (Lipinski definition) is 14. The number of allylic oxidation sites excluding steroid dienone is 1. The van der Waals surface area contributed by atoms with E-state index in [9.17, 15) is 45.3 Å². The number of benzene rings is 3. The summed E-state index contributed by atoms with van der Waals surface area (Å²) in [5, 5.41) is 80.5. The van der Waals surface area contributed by atoms with Crippen LogP contribution in [0.3, 0.4) is 0 Å². The lowest BCUT2D eigenvalue weighted by molar-refractivity contribution is -0.763. The number of carbonyl (C=O) groups excluding carboxylic acids is 1. The summed E-state index contributed by atoms with van der Waals surface area (Å²) < 4.78 is 13.9. The SMILES string of the molecule is Cc1cc(=O)c2cc3c(c([NH+]4C=C5N=CC=C5C4)c2o1)OC1(CCCC(C2CNC(=O)C24CCCCC4)C1)C(OOCC(O)(Cc1ccc(O)c2ccc(O)cc12)C(O)C(O)C(O)CO)C3. The van der Waals surface area contributed by atoms with Crippen LogP contribution in [0.1, 0.15) is 74.7 Å². The maximum atomic E-state index is 13.7. The van der Waals surface area contributed by atoms with Gasteiger partial charge in [0.05, 0.1) is 17.4 Å². The monoisotopic (exact) mass is 908 g/mol. The van der Waals surface area contributed by atoms with Gasteiger partial charge in [-0.2, -0.15) is 0 Å². The molecule has 66 heavy (non-hydrogen) atoms. The molecule has 9 unspecified atom stereocenters. The Balaban J connectivity index is 1.04. The van der Waals surface area contributed by atoms with E-state index in [0.717, 1.165) is 61.1 Å². The van der Waals surface area contributed by atoms with E-state index in [1.165, 1.54) is 36.4 Å². The minimum atomic E-state index is -2.40. The summed E-state index contributed by atoms with van der Waals surface area (Å²) in [4.78, 5) is 45.5. The Kier molecular flexibility index (Phi) is 11.6. The van der Waals surface area contributed by atoms with Gasteiger partial charge in [0, 0.05) is 48.2 Å². The van der Waals surface area contributed by atoms with Crippen LogP contribution in [-0.2, 0) is 27.4 Å². The van der Waals surface area contributed by atoms with Crippen molar-refractivity contribution in [2.24, 2.45) is 22.2 Å². The molecule has 2 spiro atoms. The average molecular weight is 909 g/mol. The third-order valence-electron chi connectivity index (χ3n) is 15.6. The first kappa shape index (κ1) is 44.7. The highest BCUT2D eigenvalue weighted by atomic mass is 17.2. The molecule has 4 aliphatic heterocycles. The number of fused-ring (bicyclic) bond motifs is 4. The summed E-state index contributed by atoms with van der Waals surface area (Å²) in [5.41, 5.74) is -0.155. The van der Waals surface area contributed by atoms with Gasteiger partial charge in [-0.1, -0.05) is 25.3 Å². The van der Waals surface area contributed by atoms with Crippen molar-refractivity contribution >= 4 is 39.6 Å².